The lowest BCUT2D eigenvalue weighted by atomic mass is 10.3. The lowest BCUT2D eigenvalue weighted by Gasteiger charge is -2.18. The van der Waals surface area contributed by atoms with E-state index >= 15 is 0 Å². The average molecular weight is 346 g/mol. The van der Waals surface area contributed by atoms with Gasteiger partial charge in [0.15, 0.2) is 0 Å². The van der Waals surface area contributed by atoms with Crippen LogP contribution < -0.4 is 5.32 Å². The van der Waals surface area contributed by atoms with E-state index in [1.54, 1.807) is 0 Å². The van der Waals surface area contributed by atoms with Crippen LogP contribution in [0.1, 0.15) is 52.6 Å². The second kappa shape index (κ2) is 7.48. The molecule has 0 radical (unpaired) electrons. The summed E-state index contributed by atoms with van der Waals surface area (Å²) in [5, 5.41) is 3.37. The number of thioether (sulfide) groups is 1. The largest absolute Gasteiger partial charge is 0.369 e. The Morgan fingerprint density at radius 2 is 1.89 bits per heavy atom. The standard InChI is InChI=1S/C14H24BrN3S/c1-6-8-16-13-12(15)10(7-2)17-11(18-13)9-19-14(3,4)5/h6-9H2,1-5H3,(H,16,17,18). The van der Waals surface area contributed by atoms with Crippen molar-refractivity contribution < 1.29 is 0 Å². The van der Waals surface area contributed by atoms with Crippen molar-refractivity contribution in [3.8, 4) is 0 Å². The average Bonchev–Trinajstić information content (AvgIpc) is 2.35. The van der Waals surface area contributed by atoms with Gasteiger partial charge in [-0.3, -0.25) is 0 Å². The number of rotatable bonds is 6. The second-order valence-electron chi connectivity index (χ2n) is 5.43. The van der Waals surface area contributed by atoms with Crippen molar-refractivity contribution in [2.45, 2.75) is 58.0 Å². The minimum absolute atomic E-state index is 0.236. The molecule has 0 fully saturated rings. The molecule has 0 unspecified atom stereocenters. The summed E-state index contributed by atoms with van der Waals surface area (Å²) in [7, 11) is 0. The van der Waals surface area contributed by atoms with Crippen molar-refractivity contribution in [3.05, 3.63) is 16.0 Å². The van der Waals surface area contributed by atoms with Crippen LogP contribution in [0, 0.1) is 0 Å². The maximum atomic E-state index is 4.64. The molecule has 1 aromatic rings. The van der Waals surface area contributed by atoms with Crippen LogP contribution in [0.3, 0.4) is 0 Å². The SMILES string of the molecule is CCCNc1nc(CSC(C)(C)C)nc(CC)c1Br. The first-order chi connectivity index (χ1) is 8.87. The molecular weight excluding hydrogens is 322 g/mol. The van der Waals surface area contributed by atoms with Crippen molar-refractivity contribution in [2.24, 2.45) is 0 Å². The van der Waals surface area contributed by atoms with Crippen LogP contribution in [0.5, 0.6) is 0 Å². The molecule has 0 aliphatic heterocycles. The monoisotopic (exact) mass is 345 g/mol. The zero-order chi connectivity index (χ0) is 14.5. The van der Waals surface area contributed by atoms with Gasteiger partial charge < -0.3 is 5.32 Å². The summed E-state index contributed by atoms with van der Waals surface area (Å²) in [5.74, 6) is 2.70. The number of hydrogen-bond donors (Lipinski definition) is 1. The molecule has 0 bridgehead atoms. The summed E-state index contributed by atoms with van der Waals surface area (Å²) < 4.78 is 1.24. The van der Waals surface area contributed by atoms with Gasteiger partial charge in [-0.25, -0.2) is 9.97 Å². The minimum Gasteiger partial charge on any atom is -0.369 e. The summed E-state index contributed by atoms with van der Waals surface area (Å²) >= 11 is 5.48. The number of nitrogens with one attached hydrogen (secondary N) is 1. The molecule has 1 heterocycles. The Labute approximate surface area is 129 Å². The summed E-state index contributed by atoms with van der Waals surface area (Å²) in [5.41, 5.74) is 1.08. The van der Waals surface area contributed by atoms with Crippen LogP contribution in [-0.4, -0.2) is 21.3 Å². The molecule has 19 heavy (non-hydrogen) atoms. The molecule has 108 valence electrons. The normalized spacial score (nSPS) is 11.7. The van der Waals surface area contributed by atoms with Crippen LogP contribution in [0.15, 0.2) is 4.47 Å². The fourth-order valence-electron chi connectivity index (χ4n) is 1.49. The van der Waals surface area contributed by atoms with E-state index in [1.807, 2.05) is 11.8 Å². The van der Waals surface area contributed by atoms with Gasteiger partial charge in [0.2, 0.25) is 0 Å². The number of nitrogens with zero attached hydrogens (tertiary/aromatic N) is 2. The number of aryl methyl sites for hydroxylation is 1. The number of hydrogen-bond acceptors (Lipinski definition) is 4. The van der Waals surface area contributed by atoms with Gasteiger partial charge in [0.1, 0.15) is 11.6 Å². The van der Waals surface area contributed by atoms with Crippen LogP contribution in [0.4, 0.5) is 5.82 Å². The second-order valence-corrected chi connectivity index (χ2v) is 8.03. The summed E-state index contributed by atoms with van der Waals surface area (Å²) in [4.78, 5) is 9.28. The van der Waals surface area contributed by atoms with Gasteiger partial charge in [0, 0.05) is 11.3 Å². The molecule has 0 amide bonds. The Hall–Kier alpha value is -0.290. The fourth-order valence-corrected chi connectivity index (χ4v) is 2.77. The molecule has 1 aromatic heterocycles. The Bertz CT molecular complexity index is 416. The summed E-state index contributed by atoms with van der Waals surface area (Å²) in [6.45, 7) is 11.9. The lowest BCUT2D eigenvalue weighted by Crippen LogP contribution is -2.11. The predicted octanol–water partition coefficient (Wildman–Crippen LogP) is 4.66. The van der Waals surface area contributed by atoms with Gasteiger partial charge in [-0.1, -0.05) is 34.6 Å². The summed E-state index contributed by atoms with van der Waals surface area (Å²) in [6.07, 6.45) is 2.00. The van der Waals surface area contributed by atoms with E-state index < -0.39 is 0 Å². The van der Waals surface area contributed by atoms with E-state index in [2.05, 4.69) is 65.8 Å². The third-order valence-corrected chi connectivity index (χ3v) is 4.58. The molecule has 1 rings (SSSR count). The smallest absolute Gasteiger partial charge is 0.144 e. The van der Waals surface area contributed by atoms with E-state index in [9.17, 15) is 0 Å². The van der Waals surface area contributed by atoms with Crippen molar-refractivity contribution in [1.29, 1.82) is 0 Å². The molecule has 0 aliphatic rings. The Kier molecular flexibility index (Phi) is 6.60. The highest BCUT2D eigenvalue weighted by Gasteiger charge is 2.15. The van der Waals surface area contributed by atoms with Crippen molar-refractivity contribution in [2.75, 3.05) is 11.9 Å². The van der Waals surface area contributed by atoms with Crippen LogP contribution in [-0.2, 0) is 12.2 Å². The first-order valence-electron chi connectivity index (χ1n) is 6.80. The van der Waals surface area contributed by atoms with Crippen LogP contribution >= 0.6 is 27.7 Å². The minimum atomic E-state index is 0.236. The molecule has 0 aromatic carbocycles. The Balaban J connectivity index is 2.92. The van der Waals surface area contributed by atoms with E-state index in [0.29, 0.717) is 0 Å². The molecule has 0 atom stereocenters. The van der Waals surface area contributed by atoms with Crippen molar-refractivity contribution in [1.82, 2.24) is 9.97 Å². The van der Waals surface area contributed by atoms with E-state index in [0.717, 1.165) is 46.9 Å². The van der Waals surface area contributed by atoms with Crippen LogP contribution in [0.2, 0.25) is 0 Å². The van der Waals surface area contributed by atoms with Crippen molar-refractivity contribution >= 4 is 33.5 Å². The maximum Gasteiger partial charge on any atom is 0.144 e. The first-order valence-corrected chi connectivity index (χ1v) is 8.58. The van der Waals surface area contributed by atoms with Crippen molar-refractivity contribution in [3.63, 3.8) is 0 Å². The third-order valence-electron chi connectivity index (χ3n) is 2.48. The van der Waals surface area contributed by atoms with Gasteiger partial charge in [0.05, 0.1) is 15.9 Å². The van der Waals surface area contributed by atoms with Gasteiger partial charge in [-0.05, 0) is 28.8 Å². The molecule has 0 saturated heterocycles. The molecule has 0 saturated carbocycles. The van der Waals surface area contributed by atoms with E-state index in [1.165, 1.54) is 0 Å². The predicted molar refractivity (Wildman–Crippen MR) is 88.9 cm³/mol. The Morgan fingerprint density at radius 3 is 2.42 bits per heavy atom. The highest BCUT2D eigenvalue weighted by molar-refractivity contribution is 9.10. The van der Waals surface area contributed by atoms with Gasteiger partial charge >= 0.3 is 0 Å². The first kappa shape index (κ1) is 16.8. The maximum absolute atomic E-state index is 4.64. The molecule has 0 aliphatic carbocycles. The van der Waals surface area contributed by atoms with Gasteiger partial charge in [-0.15, -0.1) is 11.8 Å². The Morgan fingerprint density at radius 1 is 1.21 bits per heavy atom. The number of aromatic nitrogens is 2. The van der Waals surface area contributed by atoms with Gasteiger partial charge in [0.25, 0.3) is 0 Å². The topological polar surface area (TPSA) is 37.8 Å². The van der Waals surface area contributed by atoms with Gasteiger partial charge in [-0.2, -0.15) is 0 Å². The quantitative estimate of drug-likeness (QED) is 0.813. The summed E-state index contributed by atoms with van der Waals surface area (Å²) in [6, 6.07) is 0. The zero-order valence-electron chi connectivity index (χ0n) is 12.5. The molecule has 1 N–H and O–H groups in total. The van der Waals surface area contributed by atoms with Crippen LogP contribution in [0.25, 0.3) is 0 Å². The number of anilines is 1. The highest BCUT2D eigenvalue weighted by Crippen LogP contribution is 2.29. The number of halogens is 1. The molecule has 5 heteroatoms. The van der Waals surface area contributed by atoms with E-state index in [-0.39, 0.29) is 4.75 Å². The fraction of sp³-hybridized carbons (Fsp3) is 0.714. The third kappa shape index (κ3) is 5.69. The molecular formula is C14H24BrN3S. The zero-order valence-corrected chi connectivity index (χ0v) is 14.9. The lowest BCUT2D eigenvalue weighted by molar-refractivity contribution is 0.798. The van der Waals surface area contributed by atoms with E-state index in [4.69, 9.17) is 0 Å². The molecule has 0 spiro atoms. The highest BCUT2D eigenvalue weighted by atomic mass is 79.9. The molecule has 3 nitrogen and oxygen atoms in total.